The van der Waals surface area contributed by atoms with Gasteiger partial charge in [0.15, 0.2) is 11.5 Å². The molecule has 1 saturated heterocycles. The second kappa shape index (κ2) is 10.5. The van der Waals surface area contributed by atoms with Gasteiger partial charge in [-0.15, -0.1) is 11.8 Å². The molecule has 2 aromatic rings. The van der Waals surface area contributed by atoms with Crippen LogP contribution in [0.3, 0.4) is 0 Å². The van der Waals surface area contributed by atoms with Crippen molar-refractivity contribution in [3.63, 3.8) is 0 Å². The van der Waals surface area contributed by atoms with Crippen molar-refractivity contribution in [2.45, 2.75) is 56.5 Å². The molecule has 0 radical (unpaired) electrons. The number of nitrogens with zero attached hydrogens (tertiary/aromatic N) is 1. The average molecular weight is 469 g/mol. The SMILES string of the molecule is COc1ccc(C2SCC(C(=O)NC3CCCCC3)N2C(=O)c2ccccc2C)cc1OC. The van der Waals surface area contributed by atoms with E-state index in [-0.39, 0.29) is 23.2 Å². The second-order valence-corrected chi connectivity index (χ2v) is 9.80. The number of aryl methyl sites for hydroxylation is 1. The molecule has 0 aromatic heterocycles. The normalized spacial score (nSPS) is 21.0. The number of rotatable bonds is 6. The highest BCUT2D eigenvalue weighted by atomic mass is 32.2. The van der Waals surface area contributed by atoms with E-state index in [2.05, 4.69) is 5.32 Å². The molecular weight excluding hydrogens is 436 g/mol. The fourth-order valence-electron chi connectivity index (χ4n) is 4.72. The van der Waals surface area contributed by atoms with Gasteiger partial charge in [0.1, 0.15) is 11.4 Å². The van der Waals surface area contributed by atoms with Gasteiger partial charge in [-0.05, 0) is 49.1 Å². The van der Waals surface area contributed by atoms with Gasteiger partial charge in [0.2, 0.25) is 5.91 Å². The summed E-state index contributed by atoms with van der Waals surface area (Å²) in [5, 5.41) is 2.94. The van der Waals surface area contributed by atoms with Crippen molar-refractivity contribution in [3.8, 4) is 11.5 Å². The zero-order valence-corrected chi connectivity index (χ0v) is 20.3. The lowest BCUT2D eigenvalue weighted by atomic mass is 9.95. The van der Waals surface area contributed by atoms with Crippen molar-refractivity contribution < 1.29 is 19.1 Å². The summed E-state index contributed by atoms with van der Waals surface area (Å²) < 4.78 is 10.9. The number of carbonyl (C=O) groups excluding carboxylic acids is 2. The first-order valence-corrected chi connectivity index (χ1v) is 12.6. The maximum atomic E-state index is 13.8. The molecule has 7 heteroatoms. The molecule has 1 heterocycles. The summed E-state index contributed by atoms with van der Waals surface area (Å²) >= 11 is 1.61. The van der Waals surface area contributed by atoms with Crippen LogP contribution in [0.15, 0.2) is 42.5 Å². The number of hydrogen-bond acceptors (Lipinski definition) is 5. The van der Waals surface area contributed by atoms with Crippen LogP contribution in [0.5, 0.6) is 11.5 Å². The fourth-order valence-corrected chi connectivity index (χ4v) is 6.13. The number of amides is 2. The molecule has 1 aliphatic carbocycles. The molecule has 1 N–H and O–H groups in total. The molecule has 2 fully saturated rings. The smallest absolute Gasteiger partial charge is 0.256 e. The van der Waals surface area contributed by atoms with Gasteiger partial charge in [0.05, 0.1) is 14.2 Å². The van der Waals surface area contributed by atoms with E-state index in [1.807, 2.05) is 49.4 Å². The van der Waals surface area contributed by atoms with Crippen LogP contribution < -0.4 is 14.8 Å². The van der Waals surface area contributed by atoms with E-state index in [1.165, 1.54) is 6.42 Å². The summed E-state index contributed by atoms with van der Waals surface area (Å²) in [5.41, 5.74) is 2.44. The Labute approximate surface area is 200 Å². The molecule has 1 saturated carbocycles. The Bertz CT molecular complexity index is 1010. The van der Waals surface area contributed by atoms with E-state index in [0.717, 1.165) is 36.8 Å². The highest BCUT2D eigenvalue weighted by molar-refractivity contribution is 7.99. The molecular formula is C26H32N2O4S. The lowest BCUT2D eigenvalue weighted by Gasteiger charge is -2.31. The summed E-state index contributed by atoms with van der Waals surface area (Å²) in [4.78, 5) is 29.0. The van der Waals surface area contributed by atoms with E-state index >= 15 is 0 Å². The maximum Gasteiger partial charge on any atom is 0.256 e. The molecule has 4 rings (SSSR count). The number of methoxy groups -OCH3 is 2. The van der Waals surface area contributed by atoms with Crippen LogP contribution in [0.2, 0.25) is 0 Å². The van der Waals surface area contributed by atoms with Gasteiger partial charge in [0, 0.05) is 17.4 Å². The highest BCUT2D eigenvalue weighted by Gasteiger charge is 2.43. The van der Waals surface area contributed by atoms with Gasteiger partial charge in [-0.1, -0.05) is 43.5 Å². The predicted molar refractivity (Wildman–Crippen MR) is 131 cm³/mol. The molecule has 0 spiro atoms. The number of ether oxygens (including phenoxy) is 2. The molecule has 6 nitrogen and oxygen atoms in total. The summed E-state index contributed by atoms with van der Waals surface area (Å²) in [7, 11) is 3.20. The molecule has 2 atom stereocenters. The highest BCUT2D eigenvalue weighted by Crippen LogP contribution is 2.44. The monoisotopic (exact) mass is 468 g/mol. The minimum atomic E-state index is -0.526. The zero-order valence-electron chi connectivity index (χ0n) is 19.5. The minimum Gasteiger partial charge on any atom is -0.493 e. The summed E-state index contributed by atoms with van der Waals surface area (Å²) in [6, 6.07) is 12.9. The van der Waals surface area contributed by atoms with Crippen LogP contribution >= 0.6 is 11.8 Å². The van der Waals surface area contributed by atoms with Gasteiger partial charge in [-0.2, -0.15) is 0 Å². The minimum absolute atomic E-state index is 0.0562. The third-order valence-electron chi connectivity index (χ3n) is 6.56. The van der Waals surface area contributed by atoms with Gasteiger partial charge < -0.3 is 19.7 Å². The number of nitrogens with one attached hydrogen (secondary N) is 1. The largest absolute Gasteiger partial charge is 0.493 e. The number of thioether (sulfide) groups is 1. The van der Waals surface area contributed by atoms with Crippen molar-refractivity contribution in [2.75, 3.05) is 20.0 Å². The molecule has 2 aliphatic rings. The van der Waals surface area contributed by atoms with Gasteiger partial charge in [-0.25, -0.2) is 0 Å². The van der Waals surface area contributed by atoms with Crippen molar-refractivity contribution in [2.24, 2.45) is 0 Å². The number of benzene rings is 2. The first-order chi connectivity index (χ1) is 16.0. The Morgan fingerprint density at radius 2 is 1.73 bits per heavy atom. The zero-order chi connectivity index (χ0) is 23.4. The number of hydrogen-bond donors (Lipinski definition) is 1. The van der Waals surface area contributed by atoms with Crippen molar-refractivity contribution >= 4 is 23.6 Å². The maximum absolute atomic E-state index is 13.8. The lowest BCUT2D eigenvalue weighted by Crippen LogP contribution is -2.50. The Morgan fingerprint density at radius 1 is 1.00 bits per heavy atom. The van der Waals surface area contributed by atoms with Gasteiger partial charge >= 0.3 is 0 Å². The van der Waals surface area contributed by atoms with E-state index in [1.54, 1.807) is 30.9 Å². The van der Waals surface area contributed by atoms with Gasteiger partial charge in [-0.3, -0.25) is 9.59 Å². The Morgan fingerprint density at radius 3 is 2.42 bits per heavy atom. The van der Waals surface area contributed by atoms with Crippen LogP contribution in [-0.4, -0.2) is 48.8 Å². The van der Waals surface area contributed by atoms with E-state index in [4.69, 9.17) is 9.47 Å². The summed E-state index contributed by atoms with van der Waals surface area (Å²) in [6.45, 7) is 1.93. The third-order valence-corrected chi connectivity index (χ3v) is 7.88. The summed E-state index contributed by atoms with van der Waals surface area (Å²) in [6.07, 6.45) is 5.53. The fraction of sp³-hybridized carbons (Fsp3) is 0.462. The van der Waals surface area contributed by atoms with E-state index in [0.29, 0.717) is 22.8 Å². The molecule has 1 aliphatic heterocycles. The van der Waals surface area contributed by atoms with Crippen molar-refractivity contribution in [1.82, 2.24) is 10.2 Å². The Kier molecular flexibility index (Phi) is 7.48. The number of carbonyl (C=O) groups is 2. The summed E-state index contributed by atoms with van der Waals surface area (Å²) in [5.74, 6) is 1.61. The second-order valence-electron chi connectivity index (χ2n) is 8.69. The van der Waals surface area contributed by atoms with Crippen molar-refractivity contribution in [3.05, 3.63) is 59.2 Å². The molecule has 2 unspecified atom stereocenters. The third kappa shape index (κ3) is 4.98. The molecule has 2 amide bonds. The topological polar surface area (TPSA) is 67.9 Å². The van der Waals surface area contributed by atoms with E-state index in [9.17, 15) is 9.59 Å². The van der Waals surface area contributed by atoms with Crippen molar-refractivity contribution in [1.29, 1.82) is 0 Å². The molecule has 176 valence electrons. The van der Waals surface area contributed by atoms with Gasteiger partial charge in [0.25, 0.3) is 5.91 Å². The van der Waals surface area contributed by atoms with Crippen LogP contribution in [0.25, 0.3) is 0 Å². The molecule has 33 heavy (non-hydrogen) atoms. The van der Waals surface area contributed by atoms with Crippen LogP contribution in [0.1, 0.15) is 59.0 Å². The Hall–Kier alpha value is -2.67. The first-order valence-electron chi connectivity index (χ1n) is 11.6. The van der Waals surface area contributed by atoms with Crippen LogP contribution in [0, 0.1) is 6.92 Å². The van der Waals surface area contributed by atoms with Crippen LogP contribution in [0.4, 0.5) is 0 Å². The lowest BCUT2D eigenvalue weighted by molar-refractivity contribution is -0.125. The predicted octanol–water partition coefficient (Wildman–Crippen LogP) is 4.72. The average Bonchev–Trinajstić information content (AvgIpc) is 3.29. The molecule has 2 aromatic carbocycles. The van der Waals surface area contributed by atoms with Crippen LogP contribution in [-0.2, 0) is 4.79 Å². The first kappa shape index (κ1) is 23.5. The Balaban J connectivity index is 1.66. The van der Waals surface area contributed by atoms with E-state index < -0.39 is 6.04 Å². The molecule has 0 bridgehead atoms. The quantitative estimate of drug-likeness (QED) is 0.665. The standard InChI is InChI=1S/C26H32N2O4S/c1-17-9-7-8-12-20(17)25(30)28-21(24(29)27-19-10-5-4-6-11-19)16-33-26(28)18-13-14-22(31-2)23(15-18)32-3/h7-9,12-15,19,21,26H,4-6,10-11,16H2,1-3H3,(H,27,29).